The van der Waals surface area contributed by atoms with Gasteiger partial charge in [0, 0.05) is 29.8 Å². The molecule has 0 spiro atoms. The van der Waals surface area contributed by atoms with Gasteiger partial charge in [-0.05, 0) is 25.5 Å². The van der Waals surface area contributed by atoms with Crippen LogP contribution in [0.15, 0.2) is 24.4 Å². The first kappa shape index (κ1) is 14.4. The number of hydrogen-bond donors (Lipinski definition) is 2. The van der Waals surface area contributed by atoms with Crippen molar-refractivity contribution in [3.05, 3.63) is 47.5 Å². The fourth-order valence-electron chi connectivity index (χ4n) is 2.30. The Morgan fingerprint density at radius 2 is 2.14 bits per heavy atom. The summed E-state index contributed by atoms with van der Waals surface area (Å²) >= 11 is 0. The maximum absolute atomic E-state index is 13.6. The number of aryl methyl sites for hydroxylation is 1. The quantitative estimate of drug-likeness (QED) is 0.853. The summed E-state index contributed by atoms with van der Waals surface area (Å²) in [6.07, 6.45) is 2.25. The number of aromatic nitrogens is 2. The molecule has 7 heteroatoms. The van der Waals surface area contributed by atoms with Gasteiger partial charge in [-0.1, -0.05) is 0 Å². The van der Waals surface area contributed by atoms with Crippen molar-refractivity contribution in [2.75, 3.05) is 11.1 Å². The van der Waals surface area contributed by atoms with Crippen molar-refractivity contribution in [1.82, 2.24) is 9.97 Å². The predicted octanol–water partition coefficient (Wildman–Crippen LogP) is 2.39. The number of rotatable bonds is 3. The zero-order chi connectivity index (χ0) is 15.9. The highest BCUT2D eigenvalue weighted by molar-refractivity contribution is 5.95. The van der Waals surface area contributed by atoms with Gasteiger partial charge in [-0.15, -0.1) is 0 Å². The van der Waals surface area contributed by atoms with Crippen molar-refractivity contribution in [3.8, 4) is 0 Å². The first-order chi connectivity index (χ1) is 10.5. The normalized spacial score (nSPS) is 19.8. The zero-order valence-electron chi connectivity index (χ0n) is 11.8. The largest absolute Gasteiger partial charge is 0.396 e. The molecule has 0 aliphatic heterocycles. The van der Waals surface area contributed by atoms with Crippen LogP contribution in [0.5, 0.6) is 0 Å². The Labute approximate surface area is 125 Å². The minimum atomic E-state index is -0.857. The van der Waals surface area contributed by atoms with Gasteiger partial charge in [0.25, 0.3) is 0 Å². The molecular weight excluding hydrogens is 290 g/mol. The molecule has 2 atom stereocenters. The average molecular weight is 304 g/mol. The Bertz CT molecular complexity index is 750. The van der Waals surface area contributed by atoms with Crippen molar-refractivity contribution in [2.45, 2.75) is 19.3 Å². The van der Waals surface area contributed by atoms with Crippen LogP contribution in [0.4, 0.5) is 20.2 Å². The van der Waals surface area contributed by atoms with Crippen molar-refractivity contribution >= 4 is 17.3 Å². The van der Waals surface area contributed by atoms with Crippen LogP contribution in [0, 0.1) is 24.5 Å². The molecule has 1 aromatic carbocycles. The Balaban J connectivity index is 1.71. The van der Waals surface area contributed by atoms with Crippen LogP contribution in [0.1, 0.15) is 23.9 Å². The van der Waals surface area contributed by atoms with Crippen molar-refractivity contribution in [3.63, 3.8) is 0 Å². The van der Waals surface area contributed by atoms with Gasteiger partial charge in [-0.2, -0.15) is 0 Å². The van der Waals surface area contributed by atoms with Crippen LogP contribution in [0.25, 0.3) is 0 Å². The Morgan fingerprint density at radius 1 is 1.36 bits per heavy atom. The fourth-order valence-corrected chi connectivity index (χ4v) is 2.30. The molecule has 1 fully saturated rings. The summed E-state index contributed by atoms with van der Waals surface area (Å²) in [6.45, 7) is 1.85. The number of amides is 1. The van der Waals surface area contributed by atoms with E-state index < -0.39 is 11.6 Å². The summed E-state index contributed by atoms with van der Waals surface area (Å²) in [5.41, 5.74) is 5.86. The first-order valence-electron chi connectivity index (χ1n) is 6.80. The van der Waals surface area contributed by atoms with Crippen LogP contribution in [-0.2, 0) is 4.79 Å². The Morgan fingerprint density at radius 3 is 2.86 bits per heavy atom. The minimum absolute atomic E-state index is 0.0687. The third-order valence-corrected chi connectivity index (χ3v) is 3.62. The fraction of sp³-hybridized carbons (Fsp3) is 0.267. The SMILES string of the molecule is Cc1ccnc(C2CC2C(=O)Nc2cc(N)c(F)cc2F)n1. The molecule has 1 amide bonds. The standard InChI is InChI=1S/C15H14F2N4O/c1-7-2-3-19-14(20-7)8-4-9(8)15(22)21-13-6-12(18)10(16)5-11(13)17/h2-3,5-6,8-9H,4,18H2,1H3,(H,21,22). The number of carbonyl (C=O) groups is 1. The number of anilines is 2. The molecule has 0 bridgehead atoms. The van der Waals surface area contributed by atoms with E-state index in [2.05, 4.69) is 15.3 Å². The summed E-state index contributed by atoms with van der Waals surface area (Å²) in [5.74, 6) is -1.83. The number of benzene rings is 1. The maximum atomic E-state index is 13.6. The van der Waals surface area contributed by atoms with E-state index in [0.717, 1.165) is 11.8 Å². The van der Waals surface area contributed by atoms with Crippen LogP contribution in [0.2, 0.25) is 0 Å². The van der Waals surface area contributed by atoms with Gasteiger partial charge < -0.3 is 11.1 Å². The molecule has 1 aliphatic rings. The summed E-state index contributed by atoms with van der Waals surface area (Å²) in [5, 5.41) is 2.44. The van der Waals surface area contributed by atoms with Crippen molar-refractivity contribution < 1.29 is 13.6 Å². The molecule has 2 aromatic rings. The lowest BCUT2D eigenvalue weighted by Crippen LogP contribution is -2.16. The number of hydrogen-bond acceptors (Lipinski definition) is 4. The third-order valence-electron chi connectivity index (χ3n) is 3.62. The van der Waals surface area contributed by atoms with Crippen molar-refractivity contribution in [2.24, 2.45) is 5.92 Å². The number of nitrogens with two attached hydrogens (primary N) is 1. The lowest BCUT2D eigenvalue weighted by atomic mass is 10.2. The summed E-state index contributed by atoms with van der Waals surface area (Å²) in [4.78, 5) is 20.6. The molecule has 1 aromatic heterocycles. The molecule has 3 rings (SSSR count). The number of nitrogens with one attached hydrogen (secondary N) is 1. The number of carbonyl (C=O) groups excluding carboxylic acids is 1. The lowest BCUT2D eigenvalue weighted by Gasteiger charge is -2.08. The second-order valence-corrected chi connectivity index (χ2v) is 5.35. The number of halogens is 2. The second-order valence-electron chi connectivity index (χ2n) is 5.35. The molecule has 1 aliphatic carbocycles. The van der Waals surface area contributed by atoms with E-state index in [1.165, 1.54) is 0 Å². The Kier molecular flexibility index (Phi) is 3.48. The smallest absolute Gasteiger partial charge is 0.228 e. The zero-order valence-corrected chi connectivity index (χ0v) is 11.8. The summed E-state index contributed by atoms with van der Waals surface area (Å²) in [7, 11) is 0. The van der Waals surface area contributed by atoms with E-state index in [0.29, 0.717) is 18.3 Å². The summed E-state index contributed by atoms with van der Waals surface area (Å²) in [6, 6.07) is 3.50. The summed E-state index contributed by atoms with van der Waals surface area (Å²) < 4.78 is 26.7. The van der Waals surface area contributed by atoms with Crippen LogP contribution >= 0.6 is 0 Å². The Hall–Kier alpha value is -2.57. The third kappa shape index (κ3) is 2.74. The molecule has 0 radical (unpaired) electrons. The monoisotopic (exact) mass is 304 g/mol. The van der Waals surface area contributed by atoms with Gasteiger partial charge in [0.1, 0.15) is 17.5 Å². The number of nitrogens with zero attached hydrogens (tertiary/aromatic N) is 2. The molecule has 0 saturated heterocycles. The molecule has 5 nitrogen and oxygen atoms in total. The van der Waals surface area contributed by atoms with Gasteiger partial charge in [0.15, 0.2) is 0 Å². The van der Waals surface area contributed by atoms with E-state index in [1.54, 1.807) is 12.3 Å². The molecule has 1 heterocycles. The molecule has 2 unspecified atom stereocenters. The first-order valence-corrected chi connectivity index (χ1v) is 6.80. The van der Waals surface area contributed by atoms with Crippen LogP contribution < -0.4 is 11.1 Å². The van der Waals surface area contributed by atoms with Gasteiger partial charge in [-0.25, -0.2) is 18.7 Å². The molecule has 3 N–H and O–H groups in total. The maximum Gasteiger partial charge on any atom is 0.228 e. The van der Waals surface area contributed by atoms with E-state index in [-0.39, 0.29) is 29.1 Å². The predicted molar refractivity (Wildman–Crippen MR) is 77.0 cm³/mol. The highest BCUT2D eigenvalue weighted by Gasteiger charge is 2.46. The van der Waals surface area contributed by atoms with Crippen LogP contribution in [0.3, 0.4) is 0 Å². The van der Waals surface area contributed by atoms with E-state index in [9.17, 15) is 13.6 Å². The van der Waals surface area contributed by atoms with Gasteiger partial charge >= 0.3 is 0 Å². The van der Waals surface area contributed by atoms with E-state index in [4.69, 9.17) is 5.73 Å². The number of nitrogen functional groups attached to an aromatic ring is 1. The van der Waals surface area contributed by atoms with E-state index >= 15 is 0 Å². The molecule has 1 saturated carbocycles. The van der Waals surface area contributed by atoms with Crippen molar-refractivity contribution in [1.29, 1.82) is 0 Å². The topological polar surface area (TPSA) is 80.9 Å². The molecule has 114 valence electrons. The van der Waals surface area contributed by atoms with Gasteiger partial charge in [-0.3, -0.25) is 4.79 Å². The van der Waals surface area contributed by atoms with Crippen LogP contribution in [-0.4, -0.2) is 15.9 Å². The van der Waals surface area contributed by atoms with Gasteiger partial charge in [0.05, 0.1) is 11.4 Å². The molecular formula is C15H14F2N4O. The average Bonchev–Trinajstić information content (AvgIpc) is 3.25. The van der Waals surface area contributed by atoms with E-state index in [1.807, 2.05) is 6.92 Å². The van der Waals surface area contributed by atoms with Gasteiger partial charge in [0.2, 0.25) is 5.91 Å². The lowest BCUT2D eigenvalue weighted by molar-refractivity contribution is -0.117. The minimum Gasteiger partial charge on any atom is -0.396 e. The highest BCUT2D eigenvalue weighted by Crippen LogP contribution is 2.46. The highest BCUT2D eigenvalue weighted by atomic mass is 19.1. The second kappa shape index (κ2) is 5.32. The molecule has 22 heavy (non-hydrogen) atoms.